The van der Waals surface area contributed by atoms with E-state index >= 15 is 0 Å². The highest BCUT2D eigenvalue weighted by molar-refractivity contribution is 7.85. The van der Waals surface area contributed by atoms with Crippen LogP contribution < -0.4 is 10.2 Å². The lowest BCUT2D eigenvalue weighted by atomic mass is 10.1. The molecule has 0 aliphatic carbocycles. The predicted molar refractivity (Wildman–Crippen MR) is 129 cm³/mol. The first kappa shape index (κ1) is 21.6. The first-order valence-electron chi connectivity index (χ1n) is 9.95. The Morgan fingerprint density at radius 1 is 1.12 bits per heavy atom. The van der Waals surface area contributed by atoms with Crippen LogP contribution in [0.15, 0.2) is 36.8 Å². The van der Waals surface area contributed by atoms with Gasteiger partial charge in [-0.3, -0.25) is 4.21 Å². The normalized spacial score (nSPS) is 14.4. The zero-order chi connectivity index (χ0) is 22.9. The second kappa shape index (κ2) is 8.94. The fourth-order valence-electron chi connectivity index (χ4n) is 3.59. The predicted octanol–water partition coefficient (Wildman–Crippen LogP) is 3.91. The van der Waals surface area contributed by atoms with Gasteiger partial charge >= 0.3 is 0 Å². The zero-order valence-corrected chi connectivity index (χ0v) is 19.4. The molecule has 1 aliphatic heterocycles. The van der Waals surface area contributed by atoms with E-state index < -0.39 is 10.8 Å². The maximum absolute atomic E-state index is 11.6. The summed E-state index contributed by atoms with van der Waals surface area (Å²) in [5.41, 5.74) is 2.18. The average molecular weight is 499 g/mol. The molecule has 0 saturated carbocycles. The van der Waals surface area contributed by atoms with Crippen molar-refractivity contribution in [2.45, 2.75) is 0 Å². The quantitative estimate of drug-likeness (QED) is 0.433. The molecule has 33 heavy (non-hydrogen) atoms. The Bertz CT molecular complexity index is 1400. The summed E-state index contributed by atoms with van der Waals surface area (Å²) in [6.45, 7) is 1.37. The lowest BCUT2D eigenvalue weighted by Gasteiger charge is -2.27. The molecule has 4 aromatic rings. The van der Waals surface area contributed by atoms with Gasteiger partial charge in [-0.2, -0.15) is 5.26 Å². The van der Waals surface area contributed by atoms with Gasteiger partial charge < -0.3 is 15.2 Å². The summed E-state index contributed by atoms with van der Waals surface area (Å²) in [6.07, 6.45) is 3.13. The van der Waals surface area contributed by atoms with E-state index in [9.17, 15) is 4.21 Å². The molecule has 1 fully saturated rings. The molecule has 0 unspecified atom stereocenters. The van der Waals surface area contributed by atoms with Crippen LogP contribution in [-0.2, 0) is 10.8 Å². The van der Waals surface area contributed by atoms with Crippen LogP contribution in [0.1, 0.15) is 5.56 Å². The van der Waals surface area contributed by atoms with Crippen molar-refractivity contribution in [1.82, 2.24) is 24.9 Å². The third-order valence-corrected chi connectivity index (χ3v) is 7.08. The lowest BCUT2D eigenvalue weighted by molar-refractivity contribution is 0.672. The minimum absolute atomic E-state index is 0.323. The maximum atomic E-state index is 11.6. The number of fused-ring (bicyclic) bond motifs is 1. The van der Waals surface area contributed by atoms with E-state index in [4.69, 9.17) is 28.5 Å². The molecule has 0 amide bonds. The van der Waals surface area contributed by atoms with Gasteiger partial charge in [0.15, 0.2) is 5.82 Å². The summed E-state index contributed by atoms with van der Waals surface area (Å²) in [7, 11) is -0.763. The Labute approximate surface area is 201 Å². The Balaban J connectivity index is 1.47. The van der Waals surface area contributed by atoms with Crippen molar-refractivity contribution in [3.8, 4) is 17.5 Å². The fourth-order valence-corrected chi connectivity index (χ4v) is 5.30. The molecular formula is C21H16Cl2N8OS. The summed E-state index contributed by atoms with van der Waals surface area (Å²) >= 11 is 12.8. The number of rotatable bonds is 4. The standard InChI is InChI=1S/C21H16Cl2N8OS/c22-13-7-12(10-24)8-14(23)18(13)20-28-15-1-2-25-21(19(15)30-20)29-16-9-17(27-11-26-16)31-3-5-33(32)6-4-31/h1-2,7-9,11H,3-6H2,(H,28,30)(H,25,26,27,29). The molecule has 166 valence electrons. The molecule has 9 nitrogen and oxygen atoms in total. The first-order chi connectivity index (χ1) is 16.0. The number of hydrogen-bond acceptors (Lipinski definition) is 8. The van der Waals surface area contributed by atoms with Crippen molar-refractivity contribution in [3.05, 3.63) is 52.4 Å². The lowest BCUT2D eigenvalue weighted by Crippen LogP contribution is -2.38. The average Bonchev–Trinajstić information content (AvgIpc) is 3.24. The van der Waals surface area contributed by atoms with Gasteiger partial charge in [0.25, 0.3) is 0 Å². The minimum Gasteiger partial charge on any atom is -0.355 e. The number of anilines is 3. The molecule has 1 aliphatic rings. The van der Waals surface area contributed by atoms with Crippen LogP contribution in [0.25, 0.3) is 22.4 Å². The second-order valence-corrected chi connectivity index (χ2v) is 9.80. The van der Waals surface area contributed by atoms with Crippen molar-refractivity contribution < 1.29 is 4.21 Å². The smallest absolute Gasteiger partial charge is 0.159 e. The van der Waals surface area contributed by atoms with Gasteiger partial charge in [-0.05, 0) is 18.2 Å². The fraction of sp³-hybridized carbons (Fsp3) is 0.190. The number of nitrogens with zero attached hydrogens (tertiary/aromatic N) is 6. The molecule has 3 aromatic heterocycles. The van der Waals surface area contributed by atoms with E-state index in [0.29, 0.717) is 68.7 Å². The van der Waals surface area contributed by atoms with Gasteiger partial charge in [0.05, 0.1) is 32.8 Å². The zero-order valence-electron chi connectivity index (χ0n) is 17.0. The number of aromatic amines is 1. The van der Waals surface area contributed by atoms with Crippen molar-refractivity contribution in [2.75, 3.05) is 34.8 Å². The largest absolute Gasteiger partial charge is 0.355 e. The number of pyridine rings is 1. The molecule has 5 rings (SSSR count). The van der Waals surface area contributed by atoms with Crippen molar-refractivity contribution in [3.63, 3.8) is 0 Å². The van der Waals surface area contributed by atoms with Gasteiger partial charge in [0.1, 0.15) is 29.3 Å². The van der Waals surface area contributed by atoms with E-state index in [1.54, 1.807) is 24.4 Å². The van der Waals surface area contributed by atoms with Crippen LogP contribution in [0.2, 0.25) is 10.0 Å². The van der Waals surface area contributed by atoms with E-state index in [1.165, 1.54) is 6.33 Å². The number of hydrogen-bond donors (Lipinski definition) is 2. The summed E-state index contributed by atoms with van der Waals surface area (Å²) in [6, 6.07) is 8.75. The van der Waals surface area contributed by atoms with Crippen LogP contribution in [0, 0.1) is 11.3 Å². The molecule has 0 spiro atoms. The summed E-state index contributed by atoms with van der Waals surface area (Å²) in [5.74, 6) is 3.54. The number of aromatic nitrogens is 5. The van der Waals surface area contributed by atoms with Crippen LogP contribution in [0.3, 0.4) is 0 Å². The molecule has 0 bridgehead atoms. The molecule has 0 radical (unpaired) electrons. The van der Waals surface area contributed by atoms with Gasteiger partial charge in [0.2, 0.25) is 0 Å². The Morgan fingerprint density at radius 2 is 1.88 bits per heavy atom. The minimum atomic E-state index is -0.763. The number of H-pyrrole nitrogens is 1. The third kappa shape index (κ3) is 4.35. The molecule has 12 heteroatoms. The summed E-state index contributed by atoms with van der Waals surface area (Å²) in [5, 5.41) is 13.0. The van der Waals surface area contributed by atoms with E-state index in [-0.39, 0.29) is 0 Å². The monoisotopic (exact) mass is 498 g/mol. The van der Waals surface area contributed by atoms with Crippen molar-refractivity contribution >= 4 is 62.5 Å². The van der Waals surface area contributed by atoms with E-state index in [1.807, 2.05) is 12.1 Å². The van der Waals surface area contributed by atoms with Gasteiger partial charge in [-0.15, -0.1) is 0 Å². The maximum Gasteiger partial charge on any atom is 0.159 e. The molecule has 0 atom stereocenters. The Morgan fingerprint density at radius 3 is 2.61 bits per heavy atom. The van der Waals surface area contributed by atoms with Gasteiger partial charge in [-0.1, -0.05) is 23.2 Å². The number of nitrogens with one attached hydrogen (secondary N) is 2. The number of imidazole rings is 1. The van der Waals surface area contributed by atoms with E-state index in [2.05, 4.69) is 35.1 Å². The van der Waals surface area contributed by atoms with Gasteiger partial charge in [-0.25, -0.2) is 19.9 Å². The van der Waals surface area contributed by atoms with Crippen molar-refractivity contribution in [1.29, 1.82) is 5.26 Å². The topological polar surface area (TPSA) is 123 Å². The van der Waals surface area contributed by atoms with Crippen LogP contribution in [-0.4, -0.2) is 53.7 Å². The number of benzene rings is 1. The van der Waals surface area contributed by atoms with Crippen LogP contribution in [0.5, 0.6) is 0 Å². The highest BCUT2D eigenvalue weighted by Crippen LogP contribution is 2.36. The SMILES string of the molecule is N#Cc1cc(Cl)c(-c2nc3c(Nc4cc(N5CCS(=O)CC5)ncn4)nccc3[nH]2)c(Cl)c1. The Kier molecular flexibility index (Phi) is 5.85. The van der Waals surface area contributed by atoms with Gasteiger partial charge in [0, 0.05) is 47.7 Å². The summed E-state index contributed by atoms with van der Waals surface area (Å²) in [4.78, 5) is 23.0. The Hall–Kier alpha value is -3.26. The summed E-state index contributed by atoms with van der Waals surface area (Å²) < 4.78 is 11.6. The van der Waals surface area contributed by atoms with Crippen LogP contribution in [0.4, 0.5) is 17.5 Å². The van der Waals surface area contributed by atoms with Crippen molar-refractivity contribution in [2.24, 2.45) is 0 Å². The highest BCUT2D eigenvalue weighted by atomic mass is 35.5. The van der Waals surface area contributed by atoms with E-state index in [0.717, 1.165) is 11.3 Å². The molecule has 1 saturated heterocycles. The third-order valence-electron chi connectivity index (χ3n) is 5.21. The second-order valence-electron chi connectivity index (χ2n) is 7.29. The first-order valence-corrected chi connectivity index (χ1v) is 12.2. The molecule has 2 N–H and O–H groups in total. The number of halogens is 2. The van der Waals surface area contributed by atoms with Crippen LogP contribution >= 0.6 is 23.2 Å². The molecular weight excluding hydrogens is 483 g/mol. The molecule has 1 aromatic carbocycles. The molecule has 4 heterocycles. The highest BCUT2D eigenvalue weighted by Gasteiger charge is 2.19. The number of nitriles is 1.